The van der Waals surface area contributed by atoms with Crippen molar-refractivity contribution in [3.05, 3.63) is 23.9 Å². The first-order valence-corrected chi connectivity index (χ1v) is 6.26. The Hall–Kier alpha value is -1.62. The van der Waals surface area contributed by atoms with Gasteiger partial charge in [-0.25, -0.2) is 4.98 Å². The van der Waals surface area contributed by atoms with Crippen molar-refractivity contribution in [3.63, 3.8) is 0 Å². The van der Waals surface area contributed by atoms with Crippen LogP contribution in [0.25, 0.3) is 0 Å². The van der Waals surface area contributed by atoms with Crippen molar-refractivity contribution >= 4 is 11.7 Å². The van der Waals surface area contributed by atoms with Gasteiger partial charge in [0.05, 0.1) is 0 Å². The molecule has 1 aromatic heterocycles. The maximum absolute atomic E-state index is 12.4. The number of anilines is 1. The van der Waals surface area contributed by atoms with Crippen LogP contribution in [0, 0.1) is 0 Å². The van der Waals surface area contributed by atoms with E-state index >= 15 is 0 Å². The van der Waals surface area contributed by atoms with Gasteiger partial charge in [-0.2, -0.15) is 0 Å². The molecule has 0 saturated carbocycles. The fraction of sp³-hybridized carbons (Fsp3) is 0.538. The van der Waals surface area contributed by atoms with Gasteiger partial charge in [-0.05, 0) is 26.1 Å². The Morgan fingerprint density at radius 3 is 2.89 bits per heavy atom. The SMILES string of the molecule is CNc1cccc(C(=O)N2CCN(C)CC2C)n1. The predicted molar refractivity (Wildman–Crippen MR) is 71.8 cm³/mol. The molecular formula is C13H20N4O. The Morgan fingerprint density at radius 1 is 1.44 bits per heavy atom. The van der Waals surface area contributed by atoms with Crippen LogP contribution >= 0.6 is 0 Å². The lowest BCUT2D eigenvalue weighted by molar-refractivity contribution is 0.0528. The van der Waals surface area contributed by atoms with Crippen molar-refractivity contribution in [1.29, 1.82) is 0 Å². The van der Waals surface area contributed by atoms with Crippen LogP contribution in [0.1, 0.15) is 17.4 Å². The molecule has 18 heavy (non-hydrogen) atoms. The molecule has 1 N–H and O–H groups in total. The lowest BCUT2D eigenvalue weighted by atomic mass is 10.2. The van der Waals surface area contributed by atoms with Gasteiger partial charge in [0.1, 0.15) is 11.5 Å². The Kier molecular flexibility index (Phi) is 3.81. The van der Waals surface area contributed by atoms with Crippen LogP contribution in [0.3, 0.4) is 0 Å². The molecule has 1 unspecified atom stereocenters. The number of aromatic nitrogens is 1. The van der Waals surface area contributed by atoms with Crippen molar-refractivity contribution in [2.24, 2.45) is 0 Å². The number of likely N-dealkylation sites (N-methyl/N-ethyl adjacent to an activating group) is 1. The lowest BCUT2D eigenvalue weighted by Gasteiger charge is -2.38. The molecule has 1 aliphatic heterocycles. The van der Waals surface area contributed by atoms with E-state index < -0.39 is 0 Å². The average Bonchev–Trinajstić information content (AvgIpc) is 2.38. The molecule has 1 saturated heterocycles. The minimum Gasteiger partial charge on any atom is -0.373 e. The van der Waals surface area contributed by atoms with Crippen LogP contribution in [0.5, 0.6) is 0 Å². The van der Waals surface area contributed by atoms with Crippen molar-refractivity contribution < 1.29 is 4.79 Å². The maximum Gasteiger partial charge on any atom is 0.272 e. The lowest BCUT2D eigenvalue weighted by Crippen LogP contribution is -2.52. The van der Waals surface area contributed by atoms with Crippen LogP contribution in [-0.2, 0) is 0 Å². The first-order valence-electron chi connectivity index (χ1n) is 6.26. The Morgan fingerprint density at radius 2 is 2.22 bits per heavy atom. The molecule has 1 aromatic rings. The fourth-order valence-electron chi connectivity index (χ4n) is 2.28. The summed E-state index contributed by atoms with van der Waals surface area (Å²) >= 11 is 0. The minimum atomic E-state index is 0.0210. The Balaban J connectivity index is 2.15. The number of piperazine rings is 1. The summed E-state index contributed by atoms with van der Waals surface area (Å²) in [5.74, 6) is 0.746. The van der Waals surface area contributed by atoms with E-state index in [-0.39, 0.29) is 11.9 Å². The summed E-state index contributed by atoms with van der Waals surface area (Å²) < 4.78 is 0. The number of hydrogen-bond donors (Lipinski definition) is 1. The van der Waals surface area contributed by atoms with Gasteiger partial charge in [0.15, 0.2) is 0 Å². The summed E-state index contributed by atoms with van der Waals surface area (Å²) in [6, 6.07) is 5.71. The third-order valence-electron chi connectivity index (χ3n) is 3.32. The van der Waals surface area contributed by atoms with E-state index in [2.05, 4.69) is 29.2 Å². The first kappa shape index (κ1) is 12.8. The second-order valence-corrected chi connectivity index (χ2v) is 4.77. The van der Waals surface area contributed by atoms with Crippen molar-refractivity contribution in [2.45, 2.75) is 13.0 Å². The minimum absolute atomic E-state index is 0.0210. The molecule has 0 spiro atoms. The van der Waals surface area contributed by atoms with Crippen molar-refractivity contribution in [1.82, 2.24) is 14.8 Å². The normalized spacial score (nSPS) is 20.8. The summed E-state index contributed by atoms with van der Waals surface area (Å²) in [5.41, 5.74) is 0.512. The number of hydrogen-bond acceptors (Lipinski definition) is 4. The van der Waals surface area contributed by atoms with Gasteiger partial charge in [0.2, 0.25) is 0 Å². The summed E-state index contributed by atoms with van der Waals surface area (Å²) in [7, 11) is 3.88. The molecule has 1 atom stereocenters. The molecule has 5 heteroatoms. The van der Waals surface area contributed by atoms with E-state index in [1.807, 2.05) is 17.0 Å². The van der Waals surface area contributed by atoms with Crippen molar-refractivity contribution in [3.8, 4) is 0 Å². The summed E-state index contributed by atoms with van der Waals surface area (Å²) in [4.78, 5) is 20.9. The van der Waals surface area contributed by atoms with Gasteiger partial charge in [-0.3, -0.25) is 4.79 Å². The highest BCUT2D eigenvalue weighted by atomic mass is 16.2. The number of nitrogens with zero attached hydrogens (tertiary/aromatic N) is 3. The standard InChI is InChI=1S/C13H20N4O/c1-10-9-16(3)7-8-17(10)13(18)11-5-4-6-12(14-2)15-11/h4-6,10H,7-9H2,1-3H3,(H,14,15). The number of amides is 1. The molecule has 0 aromatic carbocycles. The summed E-state index contributed by atoms with van der Waals surface area (Å²) in [5, 5.41) is 2.95. The van der Waals surface area contributed by atoms with Gasteiger partial charge in [-0.1, -0.05) is 6.07 Å². The zero-order valence-electron chi connectivity index (χ0n) is 11.2. The van der Waals surface area contributed by atoms with E-state index in [9.17, 15) is 4.79 Å². The van der Waals surface area contributed by atoms with Gasteiger partial charge in [-0.15, -0.1) is 0 Å². The van der Waals surface area contributed by atoms with Gasteiger partial charge in [0, 0.05) is 32.7 Å². The third-order valence-corrected chi connectivity index (χ3v) is 3.32. The van der Waals surface area contributed by atoms with Crippen LogP contribution in [0.15, 0.2) is 18.2 Å². The van der Waals surface area contributed by atoms with Crippen LogP contribution < -0.4 is 5.32 Å². The number of carbonyl (C=O) groups is 1. The van der Waals surface area contributed by atoms with E-state index in [0.29, 0.717) is 5.69 Å². The second-order valence-electron chi connectivity index (χ2n) is 4.77. The van der Waals surface area contributed by atoms with Crippen molar-refractivity contribution in [2.75, 3.05) is 39.0 Å². The number of carbonyl (C=O) groups excluding carboxylic acids is 1. The molecule has 1 aliphatic rings. The van der Waals surface area contributed by atoms with E-state index in [1.165, 1.54) is 0 Å². The van der Waals surface area contributed by atoms with Gasteiger partial charge < -0.3 is 15.1 Å². The van der Waals surface area contributed by atoms with E-state index in [4.69, 9.17) is 0 Å². The highest BCUT2D eigenvalue weighted by molar-refractivity contribution is 5.93. The zero-order chi connectivity index (χ0) is 13.1. The molecule has 0 bridgehead atoms. The van der Waals surface area contributed by atoms with Gasteiger partial charge in [0.25, 0.3) is 5.91 Å². The molecular weight excluding hydrogens is 228 g/mol. The molecule has 2 rings (SSSR count). The molecule has 0 radical (unpaired) electrons. The Labute approximate surface area is 108 Å². The van der Waals surface area contributed by atoms with Crippen LogP contribution in [0.4, 0.5) is 5.82 Å². The van der Waals surface area contributed by atoms with E-state index in [1.54, 1.807) is 13.1 Å². The number of rotatable bonds is 2. The van der Waals surface area contributed by atoms with E-state index in [0.717, 1.165) is 25.5 Å². The zero-order valence-corrected chi connectivity index (χ0v) is 11.2. The molecule has 1 amide bonds. The van der Waals surface area contributed by atoms with Crippen LogP contribution in [-0.4, -0.2) is 60.5 Å². The van der Waals surface area contributed by atoms with Crippen LogP contribution in [0.2, 0.25) is 0 Å². The monoisotopic (exact) mass is 248 g/mol. The highest BCUT2D eigenvalue weighted by Crippen LogP contribution is 2.13. The molecule has 2 heterocycles. The average molecular weight is 248 g/mol. The fourth-order valence-corrected chi connectivity index (χ4v) is 2.28. The molecule has 1 fully saturated rings. The molecule has 5 nitrogen and oxygen atoms in total. The second kappa shape index (κ2) is 5.35. The highest BCUT2D eigenvalue weighted by Gasteiger charge is 2.27. The largest absolute Gasteiger partial charge is 0.373 e. The maximum atomic E-state index is 12.4. The Bertz CT molecular complexity index is 435. The third kappa shape index (κ3) is 2.61. The molecule has 0 aliphatic carbocycles. The molecule has 98 valence electrons. The smallest absolute Gasteiger partial charge is 0.272 e. The number of pyridine rings is 1. The first-order chi connectivity index (χ1) is 8.61. The number of nitrogens with one attached hydrogen (secondary N) is 1. The quantitative estimate of drug-likeness (QED) is 0.845. The predicted octanol–water partition coefficient (Wildman–Crippen LogP) is 0.899. The van der Waals surface area contributed by atoms with Gasteiger partial charge >= 0.3 is 0 Å². The summed E-state index contributed by atoms with van der Waals surface area (Å²) in [6.07, 6.45) is 0. The summed E-state index contributed by atoms with van der Waals surface area (Å²) in [6.45, 7) is 4.68. The topological polar surface area (TPSA) is 48.5 Å².